The zero-order chi connectivity index (χ0) is 15.4. The Labute approximate surface area is 133 Å². The number of benzene rings is 1. The maximum absolute atomic E-state index is 12.3. The molecule has 0 aromatic heterocycles. The number of carboxylic acid groups (broad SMARTS) is 1. The molecule has 21 heavy (non-hydrogen) atoms. The molecule has 1 N–H and O–H groups in total. The minimum atomic E-state index is -0.785. The summed E-state index contributed by atoms with van der Waals surface area (Å²) in [5.74, 6) is -0.476. The van der Waals surface area contributed by atoms with Crippen LogP contribution < -0.4 is 0 Å². The second-order valence-electron chi connectivity index (χ2n) is 5.34. The molecule has 1 saturated heterocycles. The highest BCUT2D eigenvalue weighted by molar-refractivity contribution is 6.35. The van der Waals surface area contributed by atoms with E-state index < -0.39 is 5.97 Å². The van der Waals surface area contributed by atoms with Crippen LogP contribution in [0.3, 0.4) is 0 Å². The second-order valence-corrected chi connectivity index (χ2v) is 6.18. The first kappa shape index (κ1) is 16.1. The van der Waals surface area contributed by atoms with Gasteiger partial charge >= 0.3 is 5.97 Å². The van der Waals surface area contributed by atoms with Gasteiger partial charge < -0.3 is 10.0 Å². The van der Waals surface area contributed by atoms with Gasteiger partial charge in [0.15, 0.2) is 0 Å². The average molecular weight is 330 g/mol. The van der Waals surface area contributed by atoms with Crippen molar-refractivity contribution in [2.45, 2.75) is 25.7 Å². The summed E-state index contributed by atoms with van der Waals surface area (Å²) in [6.07, 6.45) is 1.91. The molecule has 1 atom stereocenters. The van der Waals surface area contributed by atoms with Crippen molar-refractivity contribution in [2.75, 3.05) is 13.1 Å². The first-order valence-electron chi connectivity index (χ1n) is 6.89. The van der Waals surface area contributed by atoms with Crippen LogP contribution >= 0.6 is 23.2 Å². The van der Waals surface area contributed by atoms with Crippen molar-refractivity contribution >= 4 is 35.1 Å². The molecule has 0 spiro atoms. The average Bonchev–Trinajstić information content (AvgIpc) is 2.88. The maximum atomic E-state index is 12.3. The predicted molar refractivity (Wildman–Crippen MR) is 81.7 cm³/mol. The van der Waals surface area contributed by atoms with Gasteiger partial charge in [-0.1, -0.05) is 29.3 Å². The van der Waals surface area contributed by atoms with Crippen LogP contribution in [0.4, 0.5) is 0 Å². The van der Waals surface area contributed by atoms with Crippen molar-refractivity contribution in [3.8, 4) is 0 Å². The SMILES string of the molecule is O=C(O)CCC1CCN(C(=O)Cc2ccc(Cl)cc2Cl)C1. The molecule has 1 unspecified atom stereocenters. The van der Waals surface area contributed by atoms with Gasteiger partial charge in [0.05, 0.1) is 6.42 Å². The fourth-order valence-corrected chi connectivity index (χ4v) is 3.04. The summed E-state index contributed by atoms with van der Waals surface area (Å²) in [6, 6.07) is 5.11. The minimum absolute atomic E-state index is 0.0250. The van der Waals surface area contributed by atoms with Gasteiger partial charge in [-0.3, -0.25) is 9.59 Å². The lowest BCUT2D eigenvalue weighted by molar-refractivity contribution is -0.137. The zero-order valence-corrected chi connectivity index (χ0v) is 13.0. The van der Waals surface area contributed by atoms with Gasteiger partial charge in [-0.2, -0.15) is 0 Å². The number of likely N-dealkylation sites (tertiary alicyclic amines) is 1. The van der Waals surface area contributed by atoms with Crippen molar-refractivity contribution in [3.05, 3.63) is 33.8 Å². The van der Waals surface area contributed by atoms with Gasteiger partial charge in [-0.15, -0.1) is 0 Å². The molecule has 6 heteroatoms. The van der Waals surface area contributed by atoms with Crippen molar-refractivity contribution in [1.29, 1.82) is 0 Å². The Morgan fingerprint density at radius 2 is 2.10 bits per heavy atom. The van der Waals surface area contributed by atoms with Crippen LogP contribution in [0.1, 0.15) is 24.8 Å². The van der Waals surface area contributed by atoms with E-state index in [0.29, 0.717) is 29.6 Å². The molecule has 1 aromatic carbocycles. The van der Waals surface area contributed by atoms with Crippen LogP contribution in [-0.4, -0.2) is 35.0 Å². The predicted octanol–water partition coefficient (Wildman–Crippen LogP) is 3.25. The summed E-state index contributed by atoms with van der Waals surface area (Å²) in [7, 11) is 0. The van der Waals surface area contributed by atoms with E-state index >= 15 is 0 Å². The normalized spacial score (nSPS) is 18.0. The molecular weight excluding hydrogens is 313 g/mol. The highest BCUT2D eigenvalue weighted by Crippen LogP contribution is 2.24. The monoisotopic (exact) mass is 329 g/mol. The molecule has 1 fully saturated rings. The van der Waals surface area contributed by atoms with Crippen LogP contribution in [-0.2, 0) is 16.0 Å². The number of hydrogen-bond donors (Lipinski definition) is 1. The molecule has 0 radical (unpaired) electrons. The number of amides is 1. The summed E-state index contributed by atoms with van der Waals surface area (Å²) >= 11 is 11.9. The van der Waals surface area contributed by atoms with Gasteiger partial charge in [0.25, 0.3) is 0 Å². The molecule has 0 saturated carbocycles. The second kappa shape index (κ2) is 7.14. The molecule has 114 valence electrons. The fourth-order valence-electron chi connectivity index (χ4n) is 2.56. The highest BCUT2D eigenvalue weighted by Gasteiger charge is 2.26. The summed E-state index contributed by atoms with van der Waals surface area (Å²) < 4.78 is 0. The van der Waals surface area contributed by atoms with Gasteiger partial charge in [-0.25, -0.2) is 0 Å². The number of carbonyl (C=O) groups is 2. The third-order valence-electron chi connectivity index (χ3n) is 3.76. The summed E-state index contributed by atoms with van der Waals surface area (Å²) in [5, 5.41) is 9.74. The van der Waals surface area contributed by atoms with Gasteiger partial charge in [-0.05, 0) is 36.5 Å². The van der Waals surface area contributed by atoms with E-state index in [9.17, 15) is 9.59 Å². The largest absolute Gasteiger partial charge is 0.481 e. The van der Waals surface area contributed by atoms with Crippen molar-refractivity contribution in [2.24, 2.45) is 5.92 Å². The Hall–Kier alpha value is -1.26. The Morgan fingerprint density at radius 3 is 2.76 bits per heavy atom. The molecule has 4 nitrogen and oxygen atoms in total. The number of carbonyl (C=O) groups excluding carboxylic acids is 1. The van der Waals surface area contributed by atoms with E-state index in [2.05, 4.69) is 0 Å². The number of nitrogens with zero attached hydrogens (tertiary/aromatic N) is 1. The summed E-state index contributed by atoms with van der Waals surface area (Å²) in [4.78, 5) is 24.6. The lowest BCUT2D eigenvalue weighted by atomic mass is 10.0. The topological polar surface area (TPSA) is 57.6 Å². The van der Waals surface area contributed by atoms with Gasteiger partial charge in [0.1, 0.15) is 0 Å². The molecule has 0 aliphatic carbocycles. The van der Waals surface area contributed by atoms with Crippen LogP contribution in [0.2, 0.25) is 10.0 Å². The Kier molecular flexibility index (Phi) is 5.48. The van der Waals surface area contributed by atoms with E-state index in [1.54, 1.807) is 23.1 Å². The quantitative estimate of drug-likeness (QED) is 0.902. The molecule has 1 aromatic rings. The zero-order valence-electron chi connectivity index (χ0n) is 11.5. The third-order valence-corrected chi connectivity index (χ3v) is 4.35. The summed E-state index contributed by atoms with van der Waals surface area (Å²) in [5.41, 5.74) is 0.764. The van der Waals surface area contributed by atoms with Crippen molar-refractivity contribution in [1.82, 2.24) is 4.90 Å². The minimum Gasteiger partial charge on any atom is -0.481 e. The molecule has 1 amide bonds. The van der Waals surface area contributed by atoms with E-state index in [0.717, 1.165) is 12.0 Å². The Morgan fingerprint density at radius 1 is 1.33 bits per heavy atom. The van der Waals surface area contributed by atoms with Crippen LogP contribution in [0.15, 0.2) is 18.2 Å². The Balaban J connectivity index is 1.88. The lowest BCUT2D eigenvalue weighted by Gasteiger charge is -2.17. The maximum Gasteiger partial charge on any atom is 0.303 e. The highest BCUT2D eigenvalue weighted by atomic mass is 35.5. The van der Waals surface area contributed by atoms with Crippen LogP contribution in [0.25, 0.3) is 0 Å². The lowest BCUT2D eigenvalue weighted by Crippen LogP contribution is -2.30. The molecule has 2 rings (SSSR count). The first-order valence-corrected chi connectivity index (χ1v) is 7.65. The molecule has 1 heterocycles. The van der Waals surface area contributed by atoms with Gasteiger partial charge in [0, 0.05) is 29.6 Å². The van der Waals surface area contributed by atoms with E-state index in [4.69, 9.17) is 28.3 Å². The number of rotatable bonds is 5. The Bertz CT molecular complexity index is 548. The van der Waals surface area contributed by atoms with E-state index in [-0.39, 0.29) is 24.7 Å². The van der Waals surface area contributed by atoms with Gasteiger partial charge in [0.2, 0.25) is 5.91 Å². The molecule has 0 bridgehead atoms. The molecular formula is C15H17Cl2NO3. The van der Waals surface area contributed by atoms with E-state index in [1.807, 2.05) is 0 Å². The molecule has 1 aliphatic rings. The number of aliphatic carboxylic acids is 1. The van der Waals surface area contributed by atoms with Crippen LogP contribution in [0.5, 0.6) is 0 Å². The summed E-state index contributed by atoms with van der Waals surface area (Å²) in [6.45, 7) is 1.33. The number of hydrogen-bond acceptors (Lipinski definition) is 2. The van der Waals surface area contributed by atoms with E-state index in [1.165, 1.54) is 0 Å². The first-order chi connectivity index (χ1) is 9.95. The molecule has 1 aliphatic heterocycles. The third kappa shape index (κ3) is 4.61. The smallest absolute Gasteiger partial charge is 0.303 e. The number of halogens is 2. The van der Waals surface area contributed by atoms with Crippen molar-refractivity contribution < 1.29 is 14.7 Å². The number of carboxylic acids is 1. The van der Waals surface area contributed by atoms with Crippen molar-refractivity contribution in [3.63, 3.8) is 0 Å². The fraction of sp³-hybridized carbons (Fsp3) is 0.467. The standard InChI is InChI=1S/C15H17Cl2NO3/c16-12-3-2-11(13(17)8-12)7-14(19)18-6-5-10(9-18)1-4-15(20)21/h2-3,8,10H,1,4-7,9H2,(H,20,21). The van der Waals surface area contributed by atoms with Crippen LogP contribution in [0, 0.1) is 5.92 Å².